The molecule has 0 saturated carbocycles. The number of aromatic nitrogens is 2. The third-order valence-corrected chi connectivity index (χ3v) is 3.22. The van der Waals surface area contributed by atoms with E-state index in [4.69, 9.17) is 22.7 Å². The predicted octanol–water partition coefficient (Wildman–Crippen LogP) is 0.903. The number of nitrogens with one attached hydrogen (secondary N) is 1. The van der Waals surface area contributed by atoms with E-state index in [0.717, 1.165) is 5.56 Å². The van der Waals surface area contributed by atoms with Crippen LogP contribution in [0.15, 0.2) is 35.1 Å². The zero-order valence-electron chi connectivity index (χ0n) is 11.4. The van der Waals surface area contributed by atoms with Crippen LogP contribution in [-0.4, -0.2) is 34.4 Å². The molecule has 0 aliphatic rings. The van der Waals surface area contributed by atoms with Gasteiger partial charge in [0, 0.05) is 24.7 Å². The molecule has 1 aromatic carbocycles. The topological polar surface area (TPSA) is 93.3 Å². The third-order valence-electron chi connectivity index (χ3n) is 2.90. The first-order valence-electron chi connectivity index (χ1n) is 6.54. The number of aliphatic hydroxyl groups is 1. The normalized spacial score (nSPS) is 10.6. The molecule has 2 rings (SSSR count). The van der Waals surface area contributed by atoms with Crippen LogP contribution in [0.2, 0.25) is 0 Å². The van der Waals surface area contributed by atoms with Crippen molar-refractivity contribution in [3.63, 3.8) is 0 Å². The number of aliphatic hydroxyl groups excluding tert-OH is 1. The maximum atomic E-state index is 11.7. The Morgan fingerprint density at radius 1 is 1.38 bits per heavy atom. The maximum absolute atomic E-state index is 11.7. The average Bonchev–Trinajstić information content (AvgIpc) is 2.48. The fourth-order valence-electron chi connectivity index (χ4n) is 2.04. The van der Waals surface area contributed by atoms with Crippen LogP contribution >= 0.6 is 12.2 Å². The van der Waals surface area contributed by atoms with Crippen LogP contribution in [0, 0.1) is 4.77 Å². The van der Waals surface area contributed by atoms with Crippen molar-refractivity contribution in [2.45, 2.75) is 6.54 Å². The van der Waals surface area contributed by atoms with Crippen LogP contribution in [0.3, 0.4) is 0 Å². The van der Waals surface area contributed by atoms with Crippen LogP contribution in [-0.2, 0) is 6.54 Å². The minimum absolute atomic E-state index is 0.0842. The maximum Gasteiger partial charge on any atom is 0.252 e. The van der Waals surface area contributed by atoms with Crippen molar-refractivity contribution in [2.75, 3.05) is 19.8 Å². The van der Waals surface area contributed by atoms with Gasteiger partial charge in [-0.15, -0.1) is 0 Å². The highest BCUT2D eigenvalue weighted by atomic mass is 32.1. The van der Waals surface area contributed by atoms with E-state index in [1.807, 2.05) is 18.2 Å². The zero-order valence-corrected chi connectivity index (χ0v) is 12.2. The zero-order chi connectivity index (χ0) is 15.2. The van der Waals surface area contributed by atoms with Crippen molar-refractivity contribution in [3.8, 4) is 17.0 Å². The van der Waals surface area contributed by atoms with Gasteiger partial charge in [-0.05, 0) is 24.4 Å². The van der Waals surface area contributed by atoms with Crippen molar-refractivity contribution >= 4 is 12.2 Å². The first kappa shape index (κ1) is 15.4. The van der Waals surface area contributed by atoms with Crippen LogP contribution in [0.25, 0.3) is 11.3 Å². The van der Waals surface area contributed by atoms with Gasteiger partial charge in [0.1, 0.15) is 12.4 Å². The Labute approximate surface area is 126 Å². The van der Waals surface area contributed by atoms with E-state index in [0.29, 0.717) is 24.6 Å². The molecular weight excluding hydrogens is 290 g/mol. The largest absolute Gasteiger partial charge is 0.492 e. The van der Waals surface area contributed by atoms with Crippen LogP contribution in [0.4, 0.5) is 0 Å². The Morgan fingerprint density at radius 3 is 2.86 bits per heavy atom. The molecule has 1 aromatic heterocycles. The summed E-state index contributed by atoms with van der Waals surface area (Å²) < 4.78 is 7.54. The number of hydrogen-bond donors (Lipinski definition) is 3. The fourth-order valence-corrected chi connectivity index (χ4v) is 2.33. The summed E-state index contributed by atoms with van der Waals surface area (Å²) in [7, 11) is 0. The van der Waals surface area contributed by atoms with Crippen LogP contribution < -0.4 is 16.0 Å². The van der Waals surface area contributed by atoms with Gasteiger partial charge in [-0.3, -0.25) is 9.78 Å². The molecule has 0 fully saturated rings. The molecule has 0 unspecified atom stereocenters. The molecule has 0 bridgehead atoms. The van der Waals surface area contributed by atoms with Crippen LogP contribution in [0.5, 0.6) is 5.75 Å². The Hall–Kier alpha value is -1.96. The molecular formula is C14H17N3O3S. The van der Waals surface area contributed by atoms with E-state index >= 15 is 0 Å². The van der Waals surface area contributed by atoms with Crippen molar-refractivity contribution in [3.05, 3.63) is 45.5 Å². The Balaban J connectivity index is 2.61. The second-order valence-electron chi connectivity index (χ2n) is 4.33. The lowest BCUT2D eigenvalue weighted by atomic mass is 10.1. The summed E-state index contributed by atoms with van der Waals surface area (Å²) in [6.07, 6.45) is 0. The summed E-state index contributed by atoms with van der Waals surface area (Å²) in [5.41, 5.74) is 6.50. The minimum Gasteiger partial charge on any atom is -0.492 e. The van der Waals surface area contributed by atoms with E-state index in [1.165, 1.54) is 6.07 Å². The van der Waals surface area contributed by atoms with E-state index in [-0.39, 0.29) is 23.5 Å². The van der Waals surface area contributed by atoms with Crippen molar-refractivity contribution in [2.24, 2.45) is 5.73 Å². The smallest absolute Gasteiger partial charge is 0.252 e. The number of nitrogens with zero attached hydrogens (tertiary/aromatic N) is 1. The van der Waals surface area contributed by atoms with Gasteiger partial charge in [0.15, 0.2) is 4.77 Å². The molecule has 0 aliphatic carbocycles. The van der Waals surface area contributed by atoms with Gasteiger partial charge in [0.2, 0.25) is 0 Å². The van der Waals surface area contributed by atoms with Crippen molar-refractivity contribution < 1.29 is 9.84 Å². The number of nitrogens with two attached hydrogens (primary N) is 1. The summed E-state index contributed by atoms with van der Waals surface area (Å²) in [4.78, 5) is 14.3. The summed E-state index contributed by atoms with van der Waals surface area (Å²) in [5, 5.41) is 9.19. The number of H-pyrrole nitrogens is 1. The van der Waals surface area contributed by atoms with Gasteiger partial charge in [-0.25, -0.2) is 0 Å². The lowest BCUT2D eigenvalue weighted by molar-refractivity contribution is 0.275. The van der Waals surface area contributed by atoms with Gasteiger partial charge in [0.05, 0.1) is 12.3 Å². The van der Waals surface area contributed by atoms with E-state index in [9.17, 15) is 9.90 Å². The standard InChI is InChI=1S/C14H17N3O3S/c15-5-8-20-12-4-2-1-3-10(12)11-9-13(19)16-14(21)17(11)6-7-18/h1-4,9,18H,5-8,15H2,(H,16,19,21). The number of benzene rings is 1. The Kier molecular flexibility index (Phi) is 5.26. The van der Waals surface area contributed by atoms with Crippen molar-refractivity contribution in [1.82, 2.24) is 9.55 Å². The Bertz CT molecular complexity index is 724. The lowest BCUT2D eigenvalue weighted by Gasteiger charge is -2.15. The number of hydrogen-bond acceptors (Lipinski definition) is 5. The molecule has 4 N–H and O–H groups in total. The summed E-state index contributed by atoms with van der Waals surface area (Å²) >= 11 is 5.16. The van der Waals surface area contributed by atoms with Crippen molar-refractivity contribution in [1.29, 1.82) is 0 Å². The molecule has 0 atom stereocenters. The molecule has 112 valence electrons. The van der Waals surface area contributed by atoms with E-state index in [1.54, 1.807) is 10.6 Å². The molecule has 0 aliphatic heterocycles. The highest BCUT2D eigenvalue weighted by Gasteiger charge is 2.11. The van der Waals surface area contributed by atoms with Gasteiger partial charge < -0.3 is 20.1 Å². The number of para-hydroxylation sites is 1. The molecule has 2 aromatic rings. The quantitative estimate of drug-likeness (QED) is 0.690. The second kappa shape index (κ2) is 7.16. The molecule has 6 nitrogen and oxygen atoms in total. The summed E-state index contributed by atoms with van der Waals surface area (Å²) in [5.74, 6) is 0.620. The Morgan fingerprint density at radius 2 is 2.14 bits per heavy atom. The fraction of sp³-hybridized carbons (Fsp3) is 0.286. The number of ether oxygens (including phenoxy) is 1. The average molecular weight is 307 g/mol. The molecule has 7 heteroatoms. The SMILES string of the molecule is NCCOc1ccccc1-c1cc(=O)[nH]c(=S)n1CCO. The number of rotatable bonds is 6. The molecule has 0 saturated heterocycles. The summed E-state index contributed by atoms with van der Waals surface area (Å²) in [6, 6.07) is 8.77. The minimum atomic E-state index is -0.294. The molecule has 0 amide bonds. The highest BCUT2D eigenvalue weighted by Crippen LogP contribution is 2.29. The first-order valence-corrected chi connectivity index (χ1v) is 6.95. The third kappa shape index (κ3) is 3.57. The van der Waals surface area contributed by atoms with Gasteiger partial charge in [0.25, 0.3) is 5.56 Å². The van der Waals surface area contributed by atoms with E-state index in [2.05, 4.69) is 4.98 Å². The monoisotopic (exact) mass is 307 g/mol. The lowest BCUT2D eigenvalue weighted by Crippen LogP contribution is -2.17. The first-order chi connectivity index (χ1) is 10.2. The summed E-state index contributed by atoms with van der Waals surface area (Å²) in [6.45, 7) is 0.975. The second-order valence-corrected chi connectivity index (χ2v) is 4.72. The molecule has 1 heterocycles. The number of aromatic amines is 1. The van der Waals surface area contributed by atoms with Crippen LogP contribution in [0.1, 0.15) is 0 Å². The van der Waals surface area contributed by atoms with Gasteiger partial charge >= 0.3 is 0 Å². The van der Waals surface area contributed by atoms with E-state index < -0.39 is 0 Å². The molecule has 0 radical (unpaired) electrons. The van der Waals surface area contributed by atoms with Gasteiger partial charge in [-0.1, -0.05) is 12.1 Å². The predicted molar refractivity (Wildman–Crippen MR) is 83.0 cm³/mol. The highest BCUT2D eigenvalue weighted by molar-refractivity contribution is 7.71. The molecule has 21 heavy (non-hydrogen) atoms. The molecule has 0 spiro atoms. The van der Waals surface area contributed by atoms with Gasteiger partial charge in [-0.2, -0.15) is 0 Å².